The quantitative estimate of drug-likeness (QED) is 0.790. The zero-order valence-corrected chi connectivity index (χ0v) is 11.5. The minimum Gasteiger partial charge on any atom is -0.396 e. The molecule has 2 heterocycles. The van der Waals surface area contributed by atoms with E-state index < -0.39 is 0 Å². The van der Waals surface area contributed by atoms with Crippen LogP contribution in [0.4, 0.5) is 0 Å². The van der Waals surface area contributed by atoms with Gasteiger partial charge in [0.15, 0.2) is 0 Å². The van der Waals surface area contributed by atoms with Gasteiger partial charge in [0.2, 0.25) is 0 Å². The molecule has 102 valence electrons. The SMILES string of the molecule is Cn1c(-c2ccncc2)nc2cc(CCCO)ccc21. The average molecular weight is 267 g/mol. The van der Waals surface area contributed by atoms with Crippen LogP contribution in [0.5, 0.6) is 0 Å². The molecular weight excluding hydrogens is 250 g/mol. The lowest BCUT2D eigenvalue weighted by atomic mass is 10.1. The Morgan fingerprint density at radius 2 is 1.95 bits per heavy atom. The van der Waals surface area contributed by atoms with Crippen molar-refractivity contribution in [3.05, 3.63) is 48.3 Å². The van der Waals surface area contributed by atoms with Crippen LogP contribution in [-0.2, 0) is 13.5 Å². The molecule has 3 aromatic rings. The van der Waals surface area contributed by atoms with E-state index in [4.69, 9.17) is 10.1 Å². The summed E-state index contributed by atoms with van der Waals surface area (Å²) in [5.41, 5.74) is 4.39. The van der Waals surface area contributed by atoms with E-state index in [1.54, 1.807) is 12.4 Å². The van der Waals surface area contributed by atoms with Gasteiger partial charge < -0.3 is 9.67 Å². The van der Waals surface area contributed by atoms with Crippen LogP contribution in [0.25, 0.3) is 22.4 Å². The molecule has 0 aliphatic rings. The molecule has 4 heteroatoms. The van der Waals surface area contributed by atoms with Gasteiger partial charge >= 0.3 is 0 Å². The molecular formula is C16H17N3O. The average Bonchev–Trinajstić information content (AvgIpc) is 2.83. The number of benzene rings is 1. The zero-order valence-electron chi connectivity index (χ0n) is 11.5. The fourth-order valence-corrected chi connectivity index (χ4v) is 2.44. The van der Waals surface area contributed by atoms with E-state index in [0.717, 1.165) is 35.3 Å². The first-order chi connectivity index (χ1) is 9.79. The molecule has 0 spiro atoms. The number of rotatable bonds is 4. The van der Waals surface area contributed by atoms with Crippen molar-refractivity contribution >= 4 is 11.0 Å². The van der Waals surface area contributed by atoms with Gasteiger partial charge in [0, 0.05) is 31.6 Å². The highest BCUT2D eigenvalue weighted by molar-refractivity contribution is 5.81. The summed E-state index contributed by atoms with van der Waals surface area (Å²) < 4.78 is 2.10. The molecule has 1 N–H and O–H groups in total. The van der Waals surface area contributed by atoms with Crippen LogP contribution in [0, 0.1) is 0 Å². The molecule has 0 amide bonds. The van der Waals surface area contributed by atoms with E-state index in [0.29, 0.717) is 0 Å². The van der Waals surface area contributed by atoms with Gasteiger partial charge in [-0.15, -0.1) is 0 Å². The van der Waals surface area contributed by atoms with E-state index in [9.17, 15) is 0 Å². The van der Waals surface area contributed by atoms with E-state index >= 15 is 0 Å². The molecule has 0 fully saturated rings. The highest BCUT2D eigenvalue weighted by Crippen LogP contribution is 2.24. The lowest BCUT2D eigenvalue weighted by Gasteiger charge is -2.02. The van der Waals surface area contributed by atoms with Gasteiger partial charge in [0.05, 0.1) is 11.0 Å². The van der Waals surface area contributed by atoms with Crippen molar-refractivity contribution in [2.45, 2.75) is 12.8 Å². The van der Waals surface area contributed by atoms with Crippen LogP contribution in [0.1, 0.15) is 12.0 Å². The highest BCUT2D eigenvalue weighted by Gasteiger charge is 2.09. The lowest BCUT2D eigenvalue weighted by molar-refractivity contribution is 0.288. The molecule has 0 radical (unpaired) electrons. The van der Waals surface area contributed by atoms with Crippen molar-refractivity contribution in [1.29, 1.82) is 0 Å². The van der Waals surface area contributed by atoms with Crippen molar-refractivity contribution in [2.75, 3.05) is 6.61 Å². The predicted octanol–water partition coefficient (Wildman–Crippen LogP) is 2.56. The van der Waals surface area contributed by atoms with Gasteiger partial charge in [-0.25, -0.2) is 4.98 Å². The molecule has 0 unspecified atom stereocenters. The first-order valence-electron chi connectivity index (χ1n) is 6.76. The second-order valence-corrected chi connectivity index (χ2v) is 4.88. The maximum absolute atomic E-state index is 8.91. The van der Waals surface area contributed by atoms with Crippen LogP contribution < -0.4 is 0 Å². The third kappa shape index (κ3) is 2.30. The zero-order chi connectivity index (χ0) is 13.9. The number of pyridine rings is 1. The van der Waals surface area contributed by atoms with Gasteiger partial charge in [-0.3, -0.25) is 4.98 Å². The van der Waals surface area contributed by atoms with E-state index in [-0.39, 0.29) is 6.61 Å². The number of aryl methyl sites for hydroxylation is 2. The number of nitrogens with zero attached hydrogens (tertiary/aromatic N) is 3. The smallest absolute Gasteiger partial charge is 0.140 e. The second-order valence-electron chi connectivity index (χ2n) is 4.88. The summed E-state index contributed by atoms with van der Waals surface area (Å²) >= 11 is 0. The third-order valence-corrected chi connectivity index (χ3v) is 3.51. The Bertz CT molecular complexity index is 719. The van der Waals surface area contributed by atoms with Gasteiger partial charge in [-0.05, 0) is 42.7 Å². The number of aliphatic hydroxyl groups is 1. The van der Waals surface area contributed by atoms with Crippen LogP contribution in [0.3, 0.4) is 0 Å². The Hall–Kier alpha value is -2.20. The van der Waals surface area contributed by atoms with E-state index in [1.165, 1.54) is 5.56 Å². The van der Waals surface area contributed by atoms with E-state index in [2.05, 4.69) is 27.8 Å². The molecule has 20 heavy (non-hydrogen) atoms. The van der Waals surface area contributed by atoms with Gasteiger partial charge in [0.1, 0.15) is 5.82 Å². The Kier molecular flexibility index (Phi) is 3.48. The van der Waals surface area contributed by atoms with Crippen LogP contribution in [0.15, 0.2) is 42.7 Å². The molecule has 3 rings (SSSR count). The fourth-order valence-electron chi connectivity index (χ4n) is 2.44. The number of hydrogen-bond donors (Lipinski definition) is 1. The summed E-state index contributed by atoms with van der Waals surface area (Å²) in [5.74, 6) is 0.946. The van der Waals surface area contributed by atoms with Crippen molar-refractivity contribution in [3.63, 3.8) is 0 Å². The topological polar surface area (TPSA) is 50.9 Å². The molecule has 0 atom stereocenters. The summed E-state index contributed by atoms with van der Waals surface area (Å²) in [6.07, 6.45) is 5.23. The first kappa shape index (κ1) is 12.8. The van der Waals surface area contributed by atoms with Crippen molar-refractivity contribution in [1.82, 2.24) is 14.5 Å². The van der Waals surface area contributed by atoms with Crippen molar-refractivity contribution in [3.8, 4) is 11.4 Å². The predicted molar refractivity (Wildman–Crippen MR) is 79.4 cm³/mol. The maximum atomic E-state index is 8.91. The summed E-state index contributed by atoms with van der Waals surface area (Å²) in [7, 11) is 2.03. The van der Waals surface area contributed by atoms with Crippen LogP contribution in [-0.4, -0.2) is 26.2 Å². The Morgan fingerprint density at radius 1 is 1.15 bits per heavy atom. The number of fused-ring (bicyclic) bond motifs is 1. The number of aromatic nitrogens is 3. The van der Waals surface area contributed by atoms with Gasteiger partial charge in [0.25, 0.3) is 0 Å². The summed E-state index contributed by atoms with van der Waals surface area (Å²) in [5, 5.41) is 8.91. The second kappa shape index (κ2) is 5.43. The lowest BCUT2D eigenvalue weighted by Crippen LogP contribution is -1.92. The van der Waals surface area contributed by atoms with Gasteiger partial charge in [-0.1, -0.05) is 6.07 Å². The monoisotopic (exact) mass is 267 g/mol. The Balaban J connectivity index is 2.05. The van der Waals surface area contributed by atoms with Crippen LogP contribution in [0.2, 0.25) is 0 Å². The minimum atomic E-state index is 0.225. The Labute approximate surface area is 117 Å². The molecule has 4 nitrogen and oxygen atoms in total. The summed E-state index contributed by atoms with van der Waals surface area (Å²) in [4.78, 5) is 8.77. The Morgan fingerprint density at radius 3 is 2.70 bits per heavy atom. The third-order valence-electron chi connectivity index (χ3n) is 3.51. The minimum absolute atomic E-state index is 0.225. The summed E-state index contributed by atoms with van der Waals surface area (Å²) in [6, 6.07) is 10.2. The molecule has 0 saturated carbocycles. The van der Waals surface area contributed by atoms with Crippen LogP contribution >= 0.6 is 0 Å². The highest BCUT2D eigenvalue weighted by atomic mass is 16.2. The molecule has 1 aromatic carbocycles. The molecule has 0 aliphatic heterocycles. The molecule has 0 bridgehead atoms. The van der Waals surface area contributed by atoms with E-state index in [1.807, 2.05) is 19.2 Å². The molecule has 0 aliphatic carbocycles. The van der Waals surface area contributed by atoms with Crippen molar-refractivity contribution < 1.29 is 5.11 Å². The summed E-state index contributed by atoms with van der Waals surface area (Å²) in [6.45, 7) is 0.225. The fraction of sp³-hybridized carbons (Fsp3) is 0.250. The molecule has 2 aromatic heterocycles. The molecule has 0 saturated heterocycles. The van der Waals surface area contributed by atoms with Crippen molar-refractivity contribution in [2.24, 2.45) is 7.05 Å². The number of imidazole rings is 1. The van der Waals surface area contributed by atoms with Gasteiger partial charge in [-0.2, -0.15) is 0 Å². The number of hydrogen-bond acceptors (Lipinski definition) is 3. The normalized spacial score (nSPS) is 11.1. The standard InChI is InChI=1S/C16H17N3O/c1-19-15-5-4-12(3-2-10-20)11-14(15)18-16(19)13-6-8-17-9-7-13/h4-9,11,20H,2-3,10H2,1H3. The largest absolute Gasteiger partial charge is 0.396 e. The number of aliphatic hydroxyl groups excluding tert-OH is 1. The maximum Gasteiger partial charge on any atom is 0.140 e. The first-order valence-corrected chi connectivity index (χ1v) is 6.76.